The van der Waals surface area contributed by atoms with Crippen molar-refractivity contribution in [3.8, 4) is 11.1 Å². The lowest BCUT2D eigenvalue weighted by Crippen LogP contribution is -2.25. The Balaban J connectivity index is 1.64. The summed E-state index contributed by atoms with van der Waals surface area (Å²) in [6.07, 6.45) is 6.81. The van der Waals surface area contributed by atoms with Crippen LogP contribution in [0.4, 0.5) is 0 Å². The van der Waals surface area contributed by atoms with Gasteiger partial charge in [0.15, 0.2) is 0 Å². The Kier molecular flexibility index (Phi) is 6.11. The van der Waals surface area contributed by atoms with E-state index in [2.05, 4.69) is 52.3 Å². The van der Waals surface area contributed by atoms with Gasteiger partial charge in [0.25, 0.3) is 0 Å². The molecule has 2 heterocycles. The molecular weight excluding hydrogens is 370 g/mol. The lowest BCUT2D eigenvalue weighted by atomic mass is 9.89. The van der Waals surface area contributed by atoms with Gasteiger partial charge < -0.3 is 4.90 Å². The van der Waals surface area contributed by atoms with Crippen LogP contribution in [-0.4, -0.2) is 40.3 Å². The number of nitrogens with zero attached hydrogens (tertiary/aromatic N) is 3. The molecule has 0 radical (unpaired) electrons. The van der Waals surface area contributed by atoms with Crippen LogP contribution in [0.2, 0.25) is 0 Å². The molecule has 5 heteroatoms. The van der Waals surface area contributed by atoms with Crippen molar-refractivity contribution in [2.45, 2.75) is 44.6 Å². The van der Waals surface area contributed by atoms with Crippen LogP contribution < -0.4 is 0 Å². The zero-order chi connectivity index (χ0) is 18.6. The van der Waals surface area contributed by atoms with Crippen molar-refractivity contribution in [2.24, 2.45) is 0 Å². The SMILES string of the molecule is CCN(CC)CCSc1ncnc2scc(-c3ccc4c(c3)CCCC4)c12. The van der Waals surface area contributed by atoms with E-state index in [-0.39, 0.29) is 0 Å². The van der Waals surface area contributed by atoms with Gasteiger partial charge >= 0.3 is 0 Å². The number of aryl methyl sites for hydroxylation is 2. The molecule has 0 spiro atoms. The average Bonchev–Trinajstić information content (AvgIpc) is 3.16. The highest BCUT2D eigenvalue weighted by Gasteiger charge is 2.16. The van der Waals surface area contributed by atoms with Gasteiger partial charge in [-0.15, -0.1) is 23.1 Å². The minimum Gasteiger partial charge on any atom is -0.303 e. The van der Waals surface area contributed by atoms with E-state index in [1.54, 1.807) is 17.7 Å². The Morgan fingerprint density at radius 1 is 1.07 bits per heavy atom. The van der Waals surface area contributed by atoms with Gasteiger partial charge in [-0.3, -0.25) is 0 Å². The Morgan fingerprint density at radius 3 is 2.70 bits per heavy atom. The second kappa shape index (κ2) is 8.72. The van der Waals surface area contributed by atoms with Crippen molar-refractivity contribution in [3.63, 3.8) is 0 Å². The second-order valence-corrected chi connectivity index (χ2v) is 9.02. The fourth-order valence-corrected chi connectivity index (χ4v) is 5.88. The van der Waals surface area contributed by atoms with Crippen LogP contribution in [0.1, 0.15) is 37.8 Å². The molecule has 0 unspecified atom stereocenters. The molecule has 27 heavy (non-hydrogen) atoms. The highest BCUT2D eigenvalue weighted by Crippen LogP contribution is 2.39. The van der Waals surface area contributed by atoms with Gasteiger partial charge in [0.05, 0.1) is 5.39 Å². The minimum absolute atomic E-state index is 1.06. The van der Waals surface area contributed by atoms with Crippen molar-refractivity contribution in [1.29, 1.82) is 0 Å². The molecule has 142 valence electrons. The lowest BCUT2D eigenvalue weighted by Gasteiger charge is -2.17. The monoisotopic (exact) mass is 397 g/mol. The topological polar surface area (TPSA) is 29.0 Å². The van der Waals surface area contributed by atoms with Crippen molar-refractivity contribution in [3.05, 3.63) is 41.0 Å². The minimum atomic E-state index is 1.06. The molecule has 0 saturated heterocycles. The molecule has 0 fully saturated rings. The first-order valence-electron chi connectivity index (χ1n) is 9.99. The van der Waals surface area contributed by atoms with Crippen LogP contribution in [0.25, 0.3) is 21.3 Å². The summed E-state index contributed by atoms with van der Waals surface area (Å²) in [7, 11) is 0. The lowest BCUT2D eigenvalue weighted by molar-refractivity contribution is 0.324. The van der Waals surface area contributed by atoms with Crippen molar-refractivity contribution >= 4 is 33.3 Å². The van der Waals surface area contributed by atoms with Crippen LogP contribution in [0, 0.1) is 0 Å². The van der Waals surface area contributed by atoms with Crippen LogP contribution in [-0.2, 0) is 12.8 Å². The summed E-state index contributed by atoms with van der Waals surface area (Å²) in [4.78, 5) is 12.7. The normalized spacial score (nSPS) is 14.0. The predicted molar refractivity (Wildman–Crippen MR) is 118 cm³/mol. The van der Waals surface area contributed by atoms with Crippen molar-refractivity contribution < 1.29 is 0 Å². The van der Waals surface area contributed by atoms with E-state index in [9.17, 15) is 0 Å². The molecule has 0 bridgehead atoms. The van der Waals surface area contributed by atoms with Gasteiger partial charge in [-0.25, -0.2) is 9.97 Å². The summed E-state index contributed by atoms with van der Waals surface area (Å²) in [6, 6.07) is 7.04. The van der Waals surface area contributed by atoms with Gasteiger partial charge in [-0.05, 0) is 55.5 Å². The Labute approximate surface area is 170 Å². The first kappa shape index (κ1) is 18.9. The van der Waals surface area contributed by atoms with Gasteiger partial charge in [0.2, 0.25) is 0 Å². The number of fused-ring (bicyclic) bond motifs is 2. The Hall–Kier alpha value is -1.43. The number of rotatable bonds is 7. The first-order chi connectivity index (χ1) is 13.3. The number of benzene rings is 1. The van der Waals surface area contributed by atoms with Crippen molar-refractivity contribution in [2.75, 3.05) is 25.4 Å². The Bertz CT molecular complexity index is 915. The molecule has 0 N–H and O–H groups in total. The fourth-order valence-electron chi connectivity index (χ4n) is 3.88. The maximum absolute atomic E-state index is 4.64. The summed E-state index contributed by atoms with van der Waals surface area (Å²) in [5.41, 5.74) is 5.69. The summed E-state index contributed by atoms with van der Waals surface area (Å²) >= 11 is 3.60. The molecule has 3 aromatic rings. The predicted octanol–water partition coefficient (Wildman–Crippen LogP) is 5.67. The third-order valence-corrected chi connectivity index (χ3v) is 7.39. The van der Waals surface area contributed by atoms with Gasteiger partial charge in [0, 0.05) is 23.2 Å². The van der Waals surface area contributed by atoms with Crippen LogP contribution in [0.3, 0.4) is 0 Å². The molecule has 0 atom stereocenters. The summed E-state index contributed by atoms with van der Waals surface area (Å²) in [5.74, 6) is 1.06. The second-order valence-electron chi connectivity index (χ2n) is 7.07. The molecule has 0 aliphatic heterocycles. The van der Waals surface area contributed by atoms with E-state index < -0.39 is 0 Å². The van der Waals surface area contributed by atoms with Gasteiger partial charge in [-0.1, -0.05) is 32.0 Å². The van der Waals surface area contributed by atoms with Crippen LogP contribution in [0.15, 0.2) is 34.9 Å². The maximum Gasteiger partial charge on any atom is 0.128 e. The molecule has 1 aliphatic rings. The van der Waals surface area contributed by atoms with Crippen LogP contribution in [0.5, 0.6) is 0 Å². The molecule has 0 amide bonds. The fraction of sp³-hybridized carbons (Fsp3) is 0.455. The highest BCUT2D eigenvalue weighted by atomic mass is 32.2. The molecule has 2 aromatic heterocycles. The number of hydrogen-bond donors (Lipinski definition) is 0. The third-order valence-electron chi connectivity index (χ3n) is 5.54. The third kappa shape index (κ3) is 4.05. The zero-order valence-corrected chi connectivity index (χ0v) is 17.8. The molecule has 0 saturated carbocycles. The summed E-state index contributed by atoms with van der Waals surface area (Å²) in [6.45, 7) is 7.76. The van der Waals surface area contributed by atoms with Crippen LogP contribution >= 0.6 is 23.1 Å². The average molecular weight is 398 g/mol. The van der Waals surface area contributed by atoms with E-state index in [1.165, 1.54) is 53.3 Å². The highest BCUT2D eigenvalue weighted by molar-refractivity contribution is 7.99. The molecule has 4 rings (SSSR count). The number of hydrogen-bond acceptors (Lipinski definition) is 5. The van der Waals surface area contributed by atoms with E-state index in [0.717, 1.165) is 35.2 Å². The van der Waals surface area contributed by atoms with E-state index in [0.29, 0.717) is 0 Å². The number of thioether (sulfide) groups is 1. The molecule has 1 aliphatic carbocycles. The zero-order valence-electron chi connectivity index (χ0n) is 16.2. The van der Waals surface area contributed by atoms with Crippen molar-refractivity contribution in [1.82, 2.24) is 14.9 Å². The molecule has 1 aromatic carbocycles. The number of aromatic nitrogens is 2. The maximum atomic E-state index is 4.64. The smallest absolute Gasteiger partial charge is 0.128 e. The quantitative estimate of drug-likeness (QED) is 0.379. The number of thiophene rings is 1. The Morgan fingerprint density at radius 2 is 1.89 bits per heavy atom. The van der Waals surface area contributed by atoms with E-state index in [1.807, 2.05) is 11.8 Å². The summed E-state index contributed by atoms with van der Waals surface area (Å²) in [5, 5.41) is 4.63. The largest absolute Gasteiger partial charge is 0.303 e. The molecule has 3 nitrogen and oxygen atoms in total. The summed E-state index contributed by atoms with van der Waals surface area (Å²) < 4.78 is 0. The standard InChI is InChI=1S/C22H27N3S2/c1-3-25(4-2)11-12-26-21-20-19(14-27-22(20)24-15-23-21)18-10-9-16-7-5-6-8-17(16)13-18/h9-10,13-15H,3-8,11-12H2,1-2H3. The van der Waals surface area contributed by atoms with E-state index >= 15 is 0 Å². The molecular formula is C22H27N3S2. The first-order valence-corrected chi connectivity index (χ1v) is 11.9. The van der Waals surface area contributed by atoms with Gasteiger partial charge in [0.1, 0.15) is 16.2 Å². The van der Waals surface area contributed by atoms with E-state index in [4.69, 9.17) is 0 Å². The van der Waals surface area contributed by atoms with Gasteiger partial charge in [-0.2, -0.15) is 0 Å².